The number of nitrogens with zero attached hydrogens (tertiary/aromatic N) is 3. The molecule has 2 atom stereocenters. The van der Waals surface area contributed by atoms with Gasteiger partial charge in [0.2, 0.25) is 5.88 Å². The third kappa shape index (κ3) is 5.02. The fraction of sp³-hybridized carbons (Fsp3) is 0.429. The molecule has 0 bridgehead atoms. The van der Waals surface area contributed by atoms with E-state index in [9.17, 15) is 18.0 Å². The first-order valence-electron chi connectivity index (χ1n) is 9.66. The Labute approximate surface area is 173 Å². The van der Waals surface area contributed by atoms with Gasteiger partial charge in [-0.15, -0.1) is 0 Å². The van der Waals surface area contributed by atoms with E-state index in [1.165, 1.54) is 18.7 Å². The number of hydrogen-bond acceptors (Lipinski definition) is 5. The molecule has 2 heterocycles. The van der Waals surface area contributed by atoms with E-state index in [2.05, 4.69) is 40.8 Å². The summed E-state index contributed by atoms with van der Waals surface area (Å²) in [5, 5.41) is 1.86. The summed E-state index contributed by atoms with van der Waals surface area (Å²) in [5.41, 5.74) is 1.75. The molecule has 30 heavy (non-hydrogen) atoms. The molecule has 0 saturated carbocycles. The number of carbonyl (C=O) groups is 1. The predicted octanol–water partition coefficient (Wildman–Crippen LogP) is 3.69. The van der Waals surface area contributed by atoms with Crippen LogP contribution < -0.4 is 15.0 Å². The van der Waals surface area contributed by atoms with Crippen LogP contribution in [0.1, 0.15) is 19.4 Å². The molecule has 0 radical (unpaired) electrons. The highest BCUT2D eigenvalue weighted by molar-refractivity contribution is 5.96. The molecule has 0 spiro atoms. The van der Waals surface area contributed by atoms with Crippen molar-refractivity contribution in [2.45, 2.75) is 38.7 Å². The second-order valence-corrected chi connectivity index (χ2v) is 7.46. The Balaban J connectivity index is 1.76. The topological polar surface area (TPSA) is 57.7 Å². The maximum atomic E-state index is 12.7. The number of anilines is 2. The molecule has 1 aromatic heterocycles. The third-order valence-electron chi connectivity index (χ3n) is 5.21. The van der Waals surface area contributed by atoms with Gasteiger partial charge >= 0.3 is 12.1 Å². The molecule has 1 fully saturated rings. The molecule has 1 amide bonds. The normalized spacial score (nSPS) is 20.1. The second-order valence-electron chi connectivity index (χ2n) is 7.46. The number of nitrogens with one attached hydrogen (secondary N) is 1. The molecule has 1 aliphatic rings. The molecule has 1 saturated heterocycles. The summed E-state index contributed by atoms with van der Waals surface area (Å²) >= 11 is 0. The molecule has 6 nitrogen and oxygen atoms in total. The highest BCUT2D eigenvalue weighted by Gasteiger charge is 2.39. The Morgan fingerprint density at radius 2 is 1.83 bits per heavy atom. The molecule has 2 aromatic rings. The maximum absolute atomic E-state index is 12.7. The smallest absolute Gasteiger partial charge is 0.471 e. The number of methoxy groups -OCH3 is 1. The van der Waals surface area contributed by atoms with Gasteiger partial charge in [-0.2, -0.15) is 13.2 Å². The summed E-state index contributed by atoms with van der Waals surface area (Å²) in [5.74, 6) is -2.13. The lowest BCUT2D eigenvalue weighted by molar-refractivity contribution is -0.167. The van der Waals surface area contributed by atoms with Crippen molar-refractivity contribution in [3.05, 3.63) is 48.2 Å². The fourth-order valence-corrected chi connectivity index (χ4v) is 3.73. The van der Waals surface area contributed by atoms with Gasteiger partial charge in [0.15, 0.2) is 0 Å². The molecule has 0 aliphatic carbocycles. The number of halogens is 3. The van der Waals surface area contributed by atoms with Crippen LogP contribution in [0, 0.1) is 0 Å². The van der Waals surface area contributed by atoms with Gasteiger partial charge in [-0.3, -0.25) is 9.69 Å². The number of piperazine rings is 1. The molecular weight excluding hydrogens is 397 g/mol. The lowest BCUT2D eigenvalue weighted by Gasteiger charge is -2.45. The SMILES string of the molecule is COc1ncc(N2CC(C)N(Cc3ccccc3)C(C)C2)cc1NC(=O)C(F)(F)F. The monoisotopic (exact) mass is 422 g/mol. The van der Waals surface area contributed by atoms with Gasteiger partial charge < -0.3 is 15.0 Å². The van der Waals surface area contributed by atoms with Crippen LogP contribution in [0.4, 0.5) is 24.5 Å². The molecule has 9 heteroatoms. The minimum atomic E-state index is -4.99. The predicted molar refractivity (Wildman–Crippen MR) is 109 cm³/mol. The zero-order chi connectivity index (χ0) is 21.9. The van der Waals surface area contributed by atoms with Crippen LogP contribution in [-0.4, -0.2) is 54.3 Å². The Kier molecular flexibility index (Phi) is 6.50. The van der Waals surface area contributed by atoms with E-state index in [1.807, 2.05) is 23.5 Å². The Hall–Kier alpha value is -2.81. The molecule has 3 rings (SSSR count). The van der Waals surface area contributed by atoms with Gasteiger partial charge in [0.05, 0.1) is 19.0 Å². The summed E-state index contributed by atoms with van der Waals surface area (Å²) in [7, 11) is 1.29. The van der Waals surface area contributed by atoms with Crippen molar-refractivity contribution in [1.82, 2.24) is 9.88 Å². The zero-order valence-corrected chi connectivity index (χ0v) is 17.1. The van der Waals surface area contributed by atoms with Crippen molar-refractivity contribution in [3.8, 4) is 5.88 Å². The van der Waals surface area contributed by atoms with Crippen LogP contribution in [0.3, 0.4) is 0 Å². The number of rotatable bonds is 5. The molecule has 1 aliphatic heterocycles. The van der Waals surface area contributed by atoms with E-state index in [0.717, 1.165) is 6.54 Å². The van der Waals surface area contributed by atoms with Crippen molar-refractivity contribution in [1.29, 1.82) is 0 Å². The first kappa shape index (κ1) is 21.9. The van der Waals surface area contributed by atoms with Gasteiger partial charge in [0.1, 0.15) is 5.69 Å². The first-order chi connectivity index (χ1) is 14.2. The first-order valence-corrected chi connectivity index (χ1v) is 9.66. The lowest BCUT2D eigenvalue weighted by atomic mass is 10.1. The van der Waals surface area contributed by atoms with Gasteiger partial charge in [0.25, 0.3) is 0 Å². The highest BCUT2D eigenvalue weighted by Crippen LogP contribution is 2.31. The molecule has 1 N–H and O–H groups in total. The van der Waals surface area contributed by atoms with Crippen LogP contribution in [-0.2, 0) is 11.3 Å². The summed E-state index contributed by atoms with van der Waals surface area (Å²) in [4.78, 5) is 19.9. The van der Waals surface area contributed by atoms with Crippen LogP contribution in [0.25, 0.3) is 0 Å². The van der Waals surface area contributed by atoms with Gasteiger partial charge in [-0.1, -0.05) is 30.3 Å². The van der Waals surface area contributed by atoms with Crippen molar-refractivity contribution < 1.29 is 22.7 Å². The largest absolute Gasteiger partial charge is 0.480 e. The number of alkyl halides is 3. The highest BCUT2D eigenvalue weighted by atomic mass is 19.4. The van der Waals surface area contributed by atoms with Crippen LogP contribution in [0.5, 0.6) is 5.88 Å². The summed E-state index contributed by atoms with van der Waals surface area (Å²) in [6.07, 6.45) is -3.44. The molecule has 1 aromatic carbocycles. The Morgan fingerprint density at radius 3 is 2.40 bits per heavy atom. The fourth-order valence-electron chi connectivity index (χ4n) is 3.73. The summed E-state index contributed by atoms with van der Waals surface area (Å²) in [6.45, 7) is 6.42. The van der Waals surface area contributed by atoms with E-state index in [0.29, 0.717) is 18.8 Å². The molecule has 2 unspecified atom stereocenters. The second kappa shape index (κ2) is 8.91. The zero-order valence-electron chi connectivity index (χ0n) is 17.1. The average molecular weight is 422 g/mol. The van der Waals surface area contributed by atoms with E-state index in [1.54, 1.807) is 6.20 Å². The van der Waals surface area contributed by atoms with Crippen molar-refractivity contribution in [3.63, 3.8) is 0 Å². The van der Waals surface area contributed by atoms with Gasteiger partial charge in [0, 0.05) is 31.7 Å². The van der Waals surface area contributed by atoms with Gasteiger partial charge in [-0.05, 0) is 25.5 Å². The molecular formula is C21H25F3N4O2. The minimum absolute atomic E-state index is 0.0693. The number of amides is 1. The van der Waals surface area contributed by atoms with Crippen LogP contribution >= 0.6 is 0 Å². The van der Waals surface area contributed by atoms with Gasteiger partial charge in [-0.25, -0.2) is 4.98 Å². The maximum Gasteiger partial charge on any atom is 0.471 e. The number of pyridine rings is 1. The number of ether oxygens (including phenoxy) is 1. The Morgan fingerprint density at radius 1 is 1.20 bits per heavy atom. The molecule has 162 valence electrons. The lowest BCUT2D eigenvalue weighted by Crippen LogP contribution is -2.56. The van der Waals surface area contributed by atoms with Crippen LogP contribution in [0.15, 0.2) is 42.6 Å². The number of carbonyl (C=O) groups excluding carboxylic acids is 1. The van der Waals surface area contributed by atoms with E-state index in [4.69, 9.17) is 4.74 Å². The summed E-state index contributed by atoms with van der Waals surface area (Å²) in [6, 6.07) is 12.1. The van der Waals surface area contributed by atoms with E-state index in [-0.39, 0.29) is 23.7 Å². The Bertz CT molecular complexity index is 864. The number of hydrogen-bond donors (Lipinski definition) is 1. The number of benzene rings is 1. The third-order valence-corrected chi connectivity index (χ3v) is 5.21. The average Bonchev–Trinajstić information content (AvgIpc) is 2.70. The van der Waals surface area contributed by atoms with Crippen molar-refractivity contribution in [2.75, 3.05) is 30.4 Å². The summed E-state index contributed by atoms with van der Waals surface area (Å²) < 4.78 is 43.0. The van der Waals surface area contributed by atoms with E-state index >= 15 is 0 Å². The van der Waals surface area contributed by atoms with E-state index < -0.39 is 12.1 Å². The van der Waals surface area contributed by atoms with Crippen molar-refractivity contribution >= 4 is 17.3 Å². The quantitative estimate of drug-likeness (QED) is 0.797. The number of aromatic nitrogens is 1. The minimum Gasteiger partial charge on any atom is -0.480 e. The standard InChI is InChI=1S/C21H25F3N4O2/c1-14-11-27(12-15(2)28(14)13-16-7-5-4-6-8-16)17-9-18(19(30-3)25-10-17)26-20(29)21(22,23)24/h4-10,14-15H,11-13H2,1-3H3,(H,26,29). The van der Waals surface area contributed by atoms with Crippen LogP contribution in [0.2, 0.25) is 0 Å². The van der Waals surface area contributed by atoms with Crippen molar-refractivity contribution in [2.24, 2.45) is 0 Å².